The third-order valence-corrected chi connectivity index (χ3v) is 6.35. The topological polar surface area (TPSA) is 38.3 Å². The molecule has 4 bridgehead atoms. The molecule has 0 aromatic heterocycles. The van der Waals surface area contributed by atoms with Crippen molar-refractivity contribution in [1.29, 1.82) is 0 Å². The Labute approximate surface area is 142 Å². The molecule has 0 aliphatic heterocycles. The summed E-state index contributed by atoms with van der Waals surface area (Å²) in [6, 6.07) is 7.68. The quantitative estimate of drug-likeness (QED) is 0.818. The molecule has 4 atom stereocenters. The number of alkyl halides is 1. The molecule has 0 saturated heterocycles. The summed E-state index contributed by atoms with van der Waals surface area (Å²) in [7, 11) is 0. The molecule has 4 saturated carbocycles. The van der Waals surface area contributed by atoms with Crippen LogP contribution in [0.2, 0.25) is 0 Å². The number of amides is 1. The Morgan fingerprint density at radius 1 is 1.26 bits per heavy atom. The zero-order valence-corrected chi connectivity index (χ0v) is 14.4. The molecule has 5 rings (SSSR count). The largest absolute Gasteiger partial charge is 0.492 e. The Kier molecular flexibility index (Phi) is 3.60. The van der Waals surface area contributed by atoms with Gasteiger partial charge in [-0.3, -0.25) is 4.79 Å². The second kappa shape index (κ2) is 5.41. The van der Waals surface area contributed by atoms with Gasteiger partial charge in [0, 0.05) is 4.87 Å². The van der Waals surface area contributed by atoms with Crippen molar-refractivity contribution in [3.05, 3.63) is 24.3 Å². The minimum atomic E-state index is -0.273. The first-order valence-corrected chi connectivity index (χ1v) is 9.12. The zero-order chi connectivity index (χ0) is 16.1. The maximum Gasteiger partial charge on any atom is 0.230 e. The first kappa shape index (κ1) is 15.3. The van der Waals surface area contributed by atoms with Crippen LogP contribution in [0.1, 0.15) is 45.4 Å². The molecule has 0 radical (unpaired) electrons. The van der Waals surface area contributed by atoms with E-state index in [4.69, 9.17) is 16.3 Å². The van der Waals surface area contributed by atoms with Crippen molar-refractivity contribution < 1.29 is 9.53 Å². The average Bonchev–Trinajstić information content (AvgIpc) is 2.47. The summed E-state index contributed by atoms with van der Waals surface area (Å²) in [5.41, 5.74) is 0.504. The lowest BCUT2D eigenvalue weighted by molar-refractivity contribution is -0.138. The summed E-state index contributed by atoms with van der Waals surface area (Å²) >= 11 is 6.84. The molecule has 0 spiro atoms. The summed E-state index contributed by atoms with van der Waals surface area (Å²) in [5, 5.41) is 3.15. The number of benzene rings is 1. The van der Waals surface area contributed by atoms with Crippen molar-refractivity contribution in [1.82, 2.24) is 0 Å². The number of hydrogen-bond donors (Lipinski definition) is 1. The Balaban J connectivity index is 1.58. The minimum Gasteiger partial charge on any atom is -0.492 e. The number of carbonyl (C=O) groups is 1. The molecule has 1 aromatic carbocycles. The predicted octanol–water partition coefficient (Wildman–Crippen LogP) is 4.60. The van der Waals surface area contributed by atoms with Crippen molar-refractivity contribution in [3.63, 3.8) is 0 Å². The van der Waals surface area contributed by atoms with E-state index in [1.807, 2.05) is 31.2 Å². The van der Waals surface area contributed by atoms with Crippen LogP contribution in [0.15, 0.2) is 24.3 Å². The Hall–Kier alpha value is -1.22. The van der Waals surface area contributed by atoms with Crippen molar-refractivity contribution in [2.24, 2.45) is 17.3 Å². The molecule has 4 heteroatoms. The summed E-state index contributed by atoms with van der Waals surface area (Å²) in [6.07, 6.45) is 6.28. The Bertz CT molecular complexity index is 616. The fourth-order valence-electron chi connectivity index (χ4n) is 5.52. The van der Waals surface area contributed by atoms with Crippen LogP contribution < -0.4 is 10.1 Å². The molecule has 2 unspecified atom stereocenters. The SMILES string of the molecule is CCOc1ccccc1NC(=O)C12C[C@@H]3C[C@@H](CC(Cl)(C3)C1)C2. The van der Waals surface area contributed by atoms with E-state index in [2.05, 4.69) is 5.32 Å². The highest BCUT2D eigenvalue weighted by molar-refractivity contribution is 6.24. The van der Waals surface area contributed by atoms with Gasteiger partial charge in [0.25, 0.3) is 0 Å². The summed E-state index contributed by atoms with van der Waals surface area (Å²) in [4.78, 5) is 13.0. The lowest BCUT2D eigenvalue weighted by Gasteiger charge is -2.59. The van der Waals surface area contributed by atoms with Crippen LogP contribution in [0.5, 0.6) is 5.75 Å². The summed E-state index contributed by atoms with van der Waals surface area (Å²) in [6.45, 7) is 2.54. The molecule has 4 aliphatic carbocycles. The smallest absolute Gasteiger partial charge is 0.230 e. The lowest BCUT2D eigenvalue weighted by Crippen LogP contribution is -2.57. The highest BCUT2D eigenvalue weighted by atomic mass is 35.5. The van der Waals surface area contributed by atoms with Gasteiger partial charge in [-0.1, -0.05) is 12.1 Å². The molecular weight excluding hydrogens is 310 g/mol. The third-order valence-electron chi connectivity index (χ3n) is 5.91. The molecule has 1 aromatic rings. The van der Waals surface area contributed by atoms with Crippen molar-refractivity contribution in [2.45, 2.75) is 50.3 Å². The van der Waals surface area contributed by atoms with E-state index in [0.29, 0.717) is 18.4 Å². The number of carbonyl (C=O) groups excluding carboxylic acids is 1. The van der Waals surface area contributed by atoms with Crippen LogP contribution >= 0.6 is 11.6 Å². The van der Waals surface area contributed by atoms with Crippen molar-refractivity contribution >= 4 is 23.2 Å². The molecule has 0 heterocycles. The van der Waals surface area contributed by atoms with Gasteiger partial charge in [0.2, 0.25) is 5.91 Å². The second-order valence-corrected chi connectivity index (χ2v) is 8.58. The minimum absolute atomic E-state index is 0.138. The molecule has 4 aliphatic rings. The van der Waals surface area contributed by atoms with Crippen LogP contribution in [0.3, 0.4) is 0 Å². The van der Waals surface area contributed by atoms with E-state index in [0.717, 1.165) is 43.5 Å². The number of ether oxygens (including phenoxy) is 1. The van der Waals surface area contributed by atoms with E-state index < -0.39 is 0 Å². The van der Waals surface area contributed by atoms with E-state index >= 15 is 0 Å². The van der Waals surface area contributed by atoms with E-state index in [9.17, 15) is 4.79 Å². The molecule has 4 fully saturated rings. The summed E-state index contributed by atoms with van der Waals surface area (Å²) in [5.74, 6) is 2.14. The molecular formula is C19H24ClNO2. The van der Waals surface area contributed by atoms with Crippen LogP contribution in [0, 0.1) is 17.3 Å². The second-order valence-electron chi connectivity index (χ2n) is 7.78. The molecule has 124 valence electrons. The fourth-order valence-corrected chi connectivity index (χ4v) is 6.21. The predicted molar refractivity (Wildman–Crippen MR) is 91.9 cm³/mol. The van der Waals surface area contributed by atoms with Crippen LogP contribution in [0.4, 0.5) is 5.69 Å². The molecule has 23 heavy (non-hydrogen) atoms. The number of halogens is 1. The first-order chi connectivity index (χ1) is 11.0. The van der Waals surface area contributed by atoms with Crippen molar-refractivity contribution in [2.75, 3.05) is 11.9 Å². The Morgan fingerprint density at radius 3 is 2.61 bits per heavy atom. The normalized spacial score (nSPS) is 37.7. The van der Waals surface area contributed by atoms with Gasteiger partial charge in [-0.05, 0) is 69.4 Å². The van der Waals surface area contributed by atoms with Crippen LogP contribution in [-0.4, -0.2) is 17.4 Å². The van der Waals surface area contributed by atoms with Gasteiger partial charge >= 0.3 is 0 Å². The highest BCUT2D eigenvalue weighted by Crippen LogP contribution is 2.64. The van der Waals surface area contributed by atoms with Gasteiger partial charge in [-0.15, -0.1) is 11.6 Å². The number of nitrogens with one attached hydrogen (secondary N) is 1. The highest BCUT2D eigenvalue weighted by Gasteiger charge is 2.60. The number of anilines is 1. The monoisotopic (exact) mass is 333 g/mol. The van der Waals surface area contributed by atoms with E-state index in [1.54, 1.807) is 0 Å². The van der Waals surface area contributed by atoms with Crippen LogP contribution in [0.25, 0.3) is 0 Å². The fraction of sp³-hybridized carbons (Fsp3) is 0.632. The third kappa shape index (κ3) is 2.63. The molecule has 1 N–H and O–H groups in total. The standard InChI is InChI=1S/C19H24ClNO2/c1-2-23-16-6-4-3-5-15(16)21-17(22)18-8-13-7-14(9-18)11-19(20,10-13)12-18/h3-6,13-14H,2,7-12H2,1H3,(H,21,22)/t13-,14+,18?,19?. The van der Waals surface area contributed by atoms with Gasteiger partial charge in [0.05, 0.1) is 17.7 Å². The van der Waals surface area contributed by atoms with Gasteiger partial charge in [0.1, 0.15) is 5.75 Å². The molecule has 1 amide bonds. The van der Waals surface area contributed by atoms with Gasteiger partial charge in [-0.2, -0.15) is 0 Å². The van der Waals surface area contributed by atoms with Crippen molar-refractivity contribution in [3.8, 4) is 5.75 Å². The maximum atomic E-state index is 13.1. The van der Waals surface area contributed by atoms with Crippen LogP contribution in [-0.2, 0) is 4.79 Å². The number of rotatable bonds is 4. The summed E-state index contributed by atoms with van der Waals surface area (Å²) < 4.78 is 5.64. The van der Waals surface area contributed by atoms with Gasteiger partial charge < -0.3 is 10.1 Å². The maximum absolute atomic E-state index is 13.1. The van der Waals surface area contributed by atoms with Gasteiger partial charge in [-0.25, -0.2) is 0 Å². The number of hydrogen-bond acceptors (Lipinski definition) is 2. The molecule has 3 nitrogen and oxygen atoms in total. The van der Waals surface area contributed by atoms with Gasteiger partial charge in [0.15, 0.2) is 0 Å². The Morgan fingerprint density at radius 2 is 1.96 bits per heavy atom. The average molecular weight is 334 g/mol. The lowest BCUT2D eigenvalue weighted by atomic mass is 9.49. The van der Waals surface area contributed by atoms with E-state index in [-0.39, 0.29) is 16.2 Å². The zero-order valence-electron chi connectivity index (χ0n) is 13.6. The number of para-hydroxylation sites is 2. The first-order valence-electron chi connectivity index (χ1n) is 8.74. The van der Waals surface area contributed by atoms with E-state index in [1.165, 1.54) is 6.42 Å².